The Morgan fingerprint density at radius 3 is 1.62 bits per heavy atom. The minimum absolute atomic E-state index is 0.192. The van der Waals surface area contributed by atoms with Crippen molar-refractivity contribution in [2.45, 2.75) is 30.4 Å². The monoisotopic (exact) mass is 470 g/mol. The van der Waals surface area contributed by atoms with Crippen LogP contribution in [0, 0.1) is 5.92 Å². The minimum Gasteiger partial charge on any atom is -0.348 e. The number of carbonyl (C=O) groups excluding carboxylic acids is 1. The maximum absolute atomic E-state index is 13.3. The van der Waals surface area contributed by atoms with Gasteiger partial charge in [-0.25, -0.2) is 0 Å². The van der Waals surface area contributed by atoms with Crippen molar-refractivity contribution in [3.8, 4) is 0 Å². The molecule has 1 aromatic carbocycles. The first-order valence-electron chi connectivity index (χ1n) is 6.85. The molecule has 0 radical (unpaired) electrons. The Hall–Kier alpha value is -2.06. The van der Waals surface area contributed by atoms with E-state index in [9.17, 15) is 57.5 Å². The SMILES string of the molecule is O=C(NC(Nc1cccc(Cl)c1)(C(F)(F)F)C(F)(F)F)C(C(F)(F)F)C(F)(F)F. The average Bonchev–Trinajstić information content (AvgIpc) is 2.40. The average molecular weight is 471 g/mol. The smallest absolute Gasteiger partial charge is 0.348 e. The Balaban J connectivity index is 3.58. The molecule has 0 saturated heterocycles. The van der Waals surface area contributed by atoms with E-state index in [2.05, 4.69) is 0 Å². The number of amides is 1. The van der Waals surface area contributed by atoms with Gasteiger partial charge < -0.3 is 10.6 Å². The Morgan fingerprint density at radius 1 is 0.828 bits per heavy atom. The van der Waals surface area contributed by atoms with Crippen LogP contribution in [0.25, 0.3) is 0 Å². The van der Waals surface area contributed by atoms with Crippen molar-refractivity contribution in [1.29, 1.82) is 0 Å². The van der Waals surface area contributed by atoms with E-state index >= 15 is 0 Å². The second-order valence-electron chi connectivity index (χ2n) is 5.39. The van der Waals surface area contributed by atoms with Crippen LogP contribution in [0.1, 0.15) is 0 Å². The summed E-state index contributed by atoms with van der Waals surface area (Å²) in [6, 6.07) is 2.84. The summed E-state index contributed by atoms with van der Waals surface area (Å²) in [5, 5.41) is 0.0815. The third-order valence-corrected chi connectivity index (χ3v) is 3.47. The fourth-order valence-electron chi connectivity index (χ4n) is 2.00. The molecule has 2 N–H and O–H groups in total. The van der Waals surface area contributed by atoms with Crippen LogP contribution in [0.5, 0.6) is 0 Å². The van der Waals surface area contributed by atoms with Gasteiger partial charge in [0.05, 0.1) is 0 Å². The van der Waals surface area contributed by atoms with Gasteiger partial charge in [0.15, 0.2) is 0 Å². The first kappa shape index (κ1) is 25.0. The summed E-state index contributed by atoms with van der Waals surface area (Å²) < 4.78 is 155. The summed E-state index contributed by atoms with van der Waals surface area (Å²) in [4.78, 5) is 11.4. The van der Waals surface area contributed by atoms with Crippen molar-refractivity contribution in [3.63, 3.8) is 0 Å². The molecule has 0 aliphatic rings. The largest absolute Gasteiger partial charge is 0.439 e. The Kier molecular flexibility index (Phi) is 6.58. The maximum Gasteiger partial charge on any atom is 0.439 e. The fraction of sp³-hybridized carbons (Fsp3) is 0.462. The molecule has 0 unspecified atom stereocenters. The highest BCUT2D eigenvalue weighted by atomic mass is 35.5. The molecule has 0 spiro atoms. The van der Waals surface area contributed by atoms with Crippen LogP contribution in [0.15, 0.2) is 24.3 Å². The van der Waals surface area contributed by atoms with Crippen molar-refractivity contribution in [3.05, 3.63) is 29.3 Å². The lowest BCUT2D eigenvalue weighted by molar-refractivity contribution is -0.304. The highest BCUT2D eigenvalue weighted by Gasteiger charge is 2.74. The van der Waals surface area contributed by atoms with E-state index in [0.29, 0.717) is 17.4 Å². The van der Waals surface area contributed by atoms with E-state index < -0.39 is 52.9 Å². The molecule has 1 amide bonds. The first-order valence-corrected chi connectivity index (χ1v) is 7.23. The van der Waals surface area contributed by atoms with Crippen LogP contribution >= 0.6 is 11.6 Å². The molecule has 3 nitrogen and oxygen atoms in total. The van der Waals surface area contributed by atoms with Gasteiger partial charge in [0.1, 0.15) is 0 Å². The number of benzene rings is 1. The van der Waals surface area contributed by atoms with E-state index in [1.807, 2.05) is 0 Å². The Morgan fingerprint density at radius 2 is 1.28 bits per heavy atom. The van der Waals surface area contributed by atoms with Crippen LogP contribution in [0.3, 0.4) is 0 Å². The van der Waals surface area contributed by atoms with Crippen LogP contribution < -0.4 is 10.6 Å². The minimum atomic E-state index is -6.63. The van der Waals surface area contributed by atoms with Crippen LogP contribution in [0.4, 0.5) is 58.4 Å². The molecule has 0 aliphatic heterocycles. The second-order valence-corrected chi connectivity index (χ2v) is 5.82. The lowest BCUT2D eigenvalue weighted by Gasteiger charge is -2.40. The third-order valence-electron chi connectivity index (χ3n) is 3.23. The van der Waals surface area contributed by atoms with Gasteiger partial charge in [-0.05, 0) is 18.2 Å². The van der Waals surface area contributed by atoms with Gasteiger partial charge in [-0.2, -0.15) is 52.7 Å². The van der Waals surface area contributed by atoms with Crippen molar-refractivity contribution in [1.82, 2.24) is 5.32 Å². The lowest BCUT2D eigenvalue weighted by atomic mass is 10.0. The van der Waals surface area contributed by atoms with E-state index in [1.54, 1.807) is 0 Å². The van der Waals surface area contributed by atoms with Crippen LogP contribution in [0.2, 0.25) is 5.02 Å². The zero-order chi connectivity index (χ0) is 23.1. The summed E-state index contributed by atoms with van der Waals surface area (Å²) >= 11 is 5.39. The van der Waals surface area contributed by atoms with Gasteiger partial charge in [0, 0.05) is 10.7 Å². The molecule has 29 heavy (non-hydrogen) atoms. The first-order chi connectivity index (χ1) is 12.7. The number of hydrogen-bond donors (Lipinski definition) is 2. The topological polar surface area (TPSA) is 41.1 Å². The quantitative estimate of drug-likeness (QED) is 0.455. The molecule has 0 saturated carbocycles. The molecule has 0 heterocycles. The summed E-state index contributed by atoms with van der Waals surface area (Å²) in [6.07, 6.45) is -26.3. The molecule has 0 bridgehead atoms. The predicted octanol–water partition coefficient (Wildman–Crippen LogP) is 5.43. The van der Waals surface area contributed by atoms with E-state index in [0.717, 1.165) is 12.1 Å². The second kappa shape index (κ2) is 7.65. The highest BCUT2D eigenvalue weighted by molar-refractivity contribution is 6.30. The summed E-state index contributed by atoms with van der Waals surface area (Å²) in [5.41, 5.74) is -6.81. The molecular weight excluding hydrogens is 464 g/mol. The van der Waals surface area contributed by atoms with E-state index in [1.165, 1.54) is 0 Å². The normalized spacial score (nSPS) is 14.1. The molecular formula is C13H7ClF12N2O. The third kappa shape index (κ3) is 5.51. The molecule has 0 fully saturated rings. The number of nitrogens with one attached hydrogen (secondary N) is 2. The Bertz CT molecular complexity index is 709. The molecule has 0 atom stereocenters. The standard InChI is InChI=1S/C13H7ClF12N2O/c14-5-2-1-3-6(4-5)27-11(12(21,22)23,13(24,25)26)28-8(29)7(9(15,16)17)10(18,19)20/h1-4,7,27H,(H,28,29). The molecule has 16 heteroatoms. The number of halogens is 13. The van der Waals surface area contributed by atoms with Crippen molar-refractivity contribution in [2.24, 2.45) is 5.92 Å². The zero-order valence-corrected chi connectivity index (χ0v) is 14.0. The Labute approximate surface area is 158 Å². The van der Waals surface area contributed by atoms with Crippen molar-refractivity contribution >= 4 is 23.2 Å². The van der Waals surface area contributed by atoms with Crippen molar-refractivity contribution in [2.75, 3.05) is 5.32 Å². The molecule has 1 rings (SSSR count). The molecule has 0 aromatic heterocycles. The van der Waals surface area contributed by atoms with Crippen molar-refractivity contribution < 1.29 is 57.5 Å². The highest BCUT2D eigenvalue weighted by Crippen LogP contribution is 2.46. The summed E-state index contributed by atoms with van der Waals surface area (Å²) in [7, 11) is 0. The number of carbonyl (C=O) groups is 1. The van der Waals surface area contributed by atoms with E-state index in [4.69, 9.17) is 11.6 Å². The van der Waals surface area contributed by atoms with Gasteiger partial charge in [0.25, 0.3) is 0 Å². The van der Waals surface area contributed by atoms with Gasteiger partial charge in [0.2, 0.25) is 11.8 Å². The molecule has 0 aliphatic carbocycles. The molecule has 166 valence electrons. The van der Waals surface area contributed by atoms with Gasteiger partial charge in [-0.3, -0.25) is 4.79 Å². The van der Waals surface area contributed by atoms with Gasteiger partial charge in [-0.1, -0.05) is 17.7 Å². The van der Waals surface area contributed by atoms with Crippen LogP contribution in [-0.2, 0) is 4.79 Å². The van der Waals surface area contributed by atoms with Crippen LogP contribution in [-0.4, -0.2) is 36.3 Å². The van der Waals surface area contributed by atoms with Gasteiger partial charge >= 0.3 is 30.4 Å². The predicted molar refractivity (Wildman–Crippen MR) is 73.7 cm³/mol. The summed E-state index contributed by atoms with van der Waals surface area (Å²) in [5.74, 6) is -8.77. The zero-order valence-electron chi connectivity index (χ0n) is 13.2. The number of anilines is 1. The lowest BCUT2D eigenvalue weighted by Crippen LogP contribution is -2.73. The summed E-state index contributed by atoms with van der Waals surface area (Å²) in [6.45, 7) is 0. The number of hydrogen-bond acceptors (Lipinski definition) is 2. The van der Waals surface area contributed by atoms with E-state index in [-0.39, 0.29) is 5.32 Å². The fourth-order valence-corrected chi connectivity index (χ4v) is 2.19. The number of alkyl halides is 12. The van der Waals surface area contributed by atoms with Gasteiger partial charge in [-0.15, -0.1) is 0 Å². The maximum atomic E-state index is 13.3. The molecule has 1 aromatic rings. The number of rotatable bonds is 4.